The molecule has 3 rings (SSSR count). The molecule has 0 aliphatic rings. The van der Waals surface area contributed by atoms with Crippen LogP contribution >= 0.6 is 11.3 Å². The van der Waals surface area contributed by atoms with E-state index in [1.54, 1.807) is 0 Å². The Kier molecular flexibility index (Phi) is 3.94. The van der Waals surface area contributed by atoms with Crippen molar-refractivity contribution in [1.82, 2.24) is 14.8 Å². The van der Waals surface area contributed by atoms with Crippen molar-refractivity contribution in [3.05, 3.63) is 72.6 Å². The second-order valence-electron chi connectivity index (χ2n) is 4.69. The number of thiophene rings is 1. The van der Waals surface area contributed by atoms with Gasteiger partial charge in [0, 0.05) is 11.3 Å². The van der Waals surface area contributed by atoms with Crippen molar-refractivity contribution in [1.29, 1.82) is 0 Å². The van der Waals surface area contributed by atoms with Gasteiger partial charge in [-0.15, -0.1) is 11.3 Å². The smallest absolute Gasteiger partial charge is 0.371 e. The van der Waals surface area contributed by atoms with Crippen molar-refractivity contribution < 1.29 is 14.3 Å². The van der Waals surface area contributed by atoms with Crippen LogP contribution in [0.4, 0.5) is 0 Å². The Morgan fingerprint density at radius 1 is 1.35 bits per heavy atom. The highest BCUT2D eigenvalue weighted by atomic mass is 32.1. The number of carbonyl (C=O) groups is 1. The summed E-state index contributed by atoms with van der Waals surface area (Å²) < 4.78 is 6.13. The van der Waals surface area contributed by atoms with Crippen LogP contribution in [0, 0.1) is 0 Å². The van der Waals surface area contributed by atoms with E-state index >= 15 is 0 Å². The fraction of sp³-hybridized carbons (Fsp3) is 0.143. The summed E-state index contributed by atoms with van der Waals surface area (Å²) in [5, 5.41) is 14.8. The molecular weight excluding hydrogens is 322 g/mol. The largest absolute Gasteiger partial charge is 0.475 e. The maximum absolute atomic E-state index is 11.8. The topological polar surface area (TPSA) is 118 Å². The molecule has 0 amide bonds. The van der Waals surface area contributed by atoms with E-state index in [-0.39, 0.29) is 23.8 Å². The highest BCUT2D eigenvalue weighted by molar-refractivity contribution is 7.09. The number of nitrogens with zero attached hydrogens (tertiary/aromatic N) is 2. The van der Waals surface area contributed by atoms with Gasteiger partial charge in [0.2, 0.25) is 5.76 Å². The summed E-state index contributed by atoms with van der Waals surface area (Å²) in [4.78, 5) is 37.6. The number of aromatic amines is 1. The fourth-order valence-electron chi connectivity index (χ4n) is 2.00. The molecule has 0 aliphatic heterocycles. The minimum Gasteiger partial charge on any atom is -0.475 e. The molecule has 0 unspecified atom stereocenters. The Bertz CT molecular complexity index is 951. The number of aromatic nitrogens is 3. The molecule has 23 heavy (non-hydrogen) atoms. The van der Waals surface area contributed by atoms with Crippen molar-refractivity contribution in [2.45, 2.75) is 13.0 Å². The lowest BCUT2D eigenvalue weighted by Crippen LogP contribution is -2.35. The number of furan rings is 1. The summed E-state index contributed by atoms with van der Waals surface area (Å²) in [6.07, 6.45) is 0.311. The molecule has 0 bridgehead atoms. The van der Waals surface area contributed by atoms with Gasteiger partial charge in [-0.05, 0) is 23.6 Å². The van der Waals surface area contributed by atoms with Crippen LogP contribution in [0.3, 0.4) is 0 Å². The van der Waals surface area contributed by atoms with E-state index < -0.39 is 17.2 Å². The molecule has 0 atom stereocenters. The van der Waals surface area contributed by atoms with Crippen molar-refractivity contribution in [2.75, 3.05) is 0 Å². The lowest BCUT2D eigenvalue weighted by Gasteiger charge is -2.04. The number of carboxylic acid groups (broad SMARTS) is 1. The van der Waals surface area contributed by atoms with Gasteiger partial charge >= 0.3 is 11.7 Å². The average Bonchev–Trinajstić information content (AvgIpc) is 3.15. The van der Waals surface area contributed by atoms with Crippen LogP contribution < -0.4 is 11.2 Å². The maximum atomic E-state index is 11.8. The van der Waals surface area contributed by atoms with Gasteiger partial charge in [0.15, 0.2) is 0 Å². The molecule has 118 valence electrons. The summed E-state index contributed by atoms with van der Waals surface area (Å²) in [6.45, 7) is -0.0691. The van der Waals surface area contributed by atoms with Crippen LogP contribution in [0.2, 0.25) is 0 Å². The zero-order valence-electron chi connectivity index (χ0n) is 11.7. The summed E-state index contributed by atoms with van der Waals surface area (Å²) in [5.74, 6) is -1.17. The quantitative estimate of drug-likeness (QED) is 0.717. The molecule has 3 aromatic rings. The van der Waals surface area contributed by atoms with Crippen LogP contribution in [0.5, 0.6) is 0 Å². The molecule has 8 nitrogen and oxygen atoms in total. The monoisotopic (exact) mass is 333 g/mol. The third-order valence-electron chi connectivity index (χ3n) is 3.06. The molecule has 3 heterocycles. The fourth-order valence-corrected chi connectivity index (χ4v) is 2.71. The van der Waals surface area contributed by atoms with Crippen LogP contribution in [-0.2, 0) is 13.0 Å². The number of aromatic carboxylic acids is 1. The van der Waals surface area contributed by atoms with Gasteiger partial charge in [0.1, 0.15) is 18.0 Å². The number of carboxylic acids is 1. The highest BCUT2D eigenvalue weighted by Crippen LogP contribution is 2.11. The van der Waals surface area contributed by atoms with Gasteiger partial charge in [0.25, 0.3) is 5.56 Å². The van der Waals surface area contributed by atoms with Gasteiger partial charge in [0.05, 0.1) is 0 Å². The second-order valence-corrected chi connectivity index (χ2v) is 5.72. The van der Waals surface area contributed by atoms with Crippen molar-refractivity contribution in [3.8, 4) is 0 Å². The maximum Gasteiger partial charge on any atom is 0.371 e. The van der Waals surface area contributed by atoms with Crippen LogP contribution in [-0.4, -0.2) is 25.8 Å². The summed E-state index contributed by atoms with van der Waals surface area (Å²) in [7, 11) is 0. The first-order valence-corrected chi connectivity index (χ1v) is 7.45. The molecule has 0 radical (unpaired) electrons. The Balaban J connectivity index is 1.90. The van der Waals surface area contributed by atoms with Gasteiger partial charge < -0.3 is 9.52 Å². The van der Waals surface area contributed by atoms with E-state index in [4.69, 9.17) is 9.52 Å². The third-order valence-corrected chi connectivity index (χ3v) is 3.93. The molecule has 3 aromatic heterocycles. The first kappa shape index (κ1) is 15.0. The van der Waals surface area contributed by atoms with Crippen LogP contribution in [0.25, 0.3) is 0 Å². The second kappa shape index (κ2) is 6.05. The van der Waals surface area contributed by atoms with Crippen LogP contribution in [0.1, 0.15) is 26.9 Å². The van der Waals surface area contributed by atoms with Gasteiger partial charge in [-0.3, -0.25) is 9.78 Å². The van der Waals surface area contributed by atoms with Gasteiger partial charge in [-0.25, -0.2) is 14.3 Å². The molecule has 0 saturated carbocycles. The van der Waals surface area contributed by atoms with E-state index in [1.807, 2.05) is 17.5 Å². The normalized spacial score (nSPS) is 10.8. The summed E-state index contributed by atoms with van der Waals surface area (Å²) in [5.41, 5.74) is -1.01. The van der Waals surface area contributed by atoms with Crippen molar-refractivity contribution in [3.63, 3.8) is 0 Å². The van der Waals surface area contributed by atoms with E-state index in [0.29, 0.717) is 6.42 Å². The first-order chi connectivity index (χ1) is 11.0. The summed E-state index contributed by atoms with van der Waals surface area (Å²) in [6, 6.07) is 6.47. The number of H-pyrrole nitrogens is 1. The predicted molar refractivity (Wildman–Crippen MR) is 81.0 cm³/mol. The van der Waals surface area contributed by atoms with E-state index in [0.717, 1.165) is 9.56 Å². The molecule has 2 N–H and O–H groups in total. The van der Waals surface area contributed by atoms with E-state index in [9.17, 15) is 14.4 Å². The molecule has 9 heteroatoms. The zero-order chi connectivity index (χ0) is 16.4. The Morgan fingerprint density at radius 3 is 2.83 bits per heavy atom. The van der Waals surface area contributed by atoms with Crippen LogP contribution in [0.15, 0.2) is 43.7 Å². The van der Waals surface area contributed by atoms with Crippen molar-refractivity contribution >= 4 is 17.3 Å². The van der Waals surface area contributed by atoms with Gasteiger partial charge in [-0.2, -0.15) is 5.10 Å². The first-order valence-electron chi connectivity index (χ1n) is 6.57. The molecule has 0 aromatic carbocycles. The Hall–Kier alpha value is -2.94. The zero-order valence-corrected chi connectivity index (χ0v) is 12.5. The van der Waals surface area contributed by atoms with E-state index in [1.165, 1.54) is 23.5 Å². The average molecular weight is 333 g/mol. The number of rotatable bonds is 5. The number of nitrogens with one attached hydrogen (secondary N) is 1. The minimum atomic E-state index is -1.20. The molecule has 0 spiro atoms. The number of hydrogen-bond acceptors (Lipinski definition) is 6. The lowest BCUT2D eigenvalue weighted by molar-refractivity contribution is 0.0660. The Morgan fingerprint density at radius 2 is 2.17 bits per heavy atom. The Labute approximate surface area is 132 Å². The highest BCUT2D eigenvalue weighted by Gasteiger charge is 2.12. The molecule has 0 aliphatic carbocycles. The summed E-state index contributed by atoms with van der Waals surface area (Å²) >= 11 is 1.48. The van der Waals surface area contributed by atoms with E-state index in [2.05, 4.69) is 10.1 Å². The molecular formula is C14H11N3O5S. The molecule has 0 fully saturated rings. The predicted octanol–water partition coefficient (Wildman–Crippen LogP) is 0.923. The minimum absolute atomic E-state index is 0.0691. The number of hydrogen-bond donors (Lipinski definition) is 2. The molecule has 0 saturated heterocycles. The lowest BCUT2D eigenvalue weighted by atomic mass is 10.3. The third kappa shape index (κ3) is 3.29. The van der Waals surface area contributed by atoms with Crippen molar-refractivity contribution in [2.24, 2.45) is 0 Å². The van der Waals surface area contributed by atoms with Gasteiger partial charge in [-0.1, -0.05) is 6.07 Å². The SMILES string of the molecule is O=C(O)c1ccc(Cn2nc(Cc3cccs3)c(=O)[nH]c2=O)o1. The standard InChI is InChI=1S/C14H11N3O5S/c18-12-10(6-9-2-1-5-23-9)16-17(14(21)15-12)7-8-3-4-11(22-8)13(19)20/h1-5H,6-7H2,(H,19,20)(H,15,18,21).